The third kappa shape index (κ3) is 2.78. The molecule has 3 rings (SSSR count). The molecule has 0 bridgehead atoms. The van der Waals surface area contributed by atoms with Crippen LogP contribution in [0.5, 0.6) is 0 Å². The van der Waals surface area contributed by atoms with Gasteiger partial charge in [-0.2, -0.15) is 0 Å². The van der Waals surface area contributed by atoms with Gasteiger partial charge >= 0.3 is 0 Å². The van der Waals surface area contributed by atoms with E-state index in [4.69, 9.17) is 0 Å². The first-order chi connectivity index (χ1) is 8.22. The van der Waals surface area contributed by atoms with Crippen molar-refractivity contribution in [3.63, 3.8) is 0 Å². The van der Waals surface area contributed by atoms with Crippen molar-refractivity contribution in [1.29, 1.82) is 0 Å². The Balaban J connectivity index is 1.72. The number of nitrogens with zero attached hydrogens (tertiary/aromatic N) is 2. The van der Waals surface area contributed by atoms with E-state index in [1.807, 2.05) is 0 Å². The normalized spacial score (nSPS) is 19.4. The van der Waals surface area contributed by atoms with Gasteiger partial charge in [-0.15, -0.1) is 0 Å². The molecule has 0 atom stereocenters. The molecular formula is C14H21N3. The highest BCUT2D eigenvalue weighted by atomic mass is 15.2. The zero-order valence-electron chi connectivity index (χ0n) is 10.7. The molecule has 0 saturated heterocycles. The Morgan fingerprint density at radius 1 is 1.29 bits per heavy atom. The Bertz CT molecular complexity index is 408. The molecule has 17 heavy (non-hydrogen) atoms. The number of aromatic nitrogens is 1. The van der Waals surface area contributed by atoms with Crippen LogP contribution in [-0.2, 0) is 6.54 Å². The van der Waals surface area contributed by atoms with Crippen molar-refractivity contribution in [2.45, 2.75) is 51.2 Å². The van der Waals surface area contributed by atoms with Crippen LogP contribution in [0.2, 0.25) is 0 Å². The average molecular weight is 231 g/mol. The van der Waals surface area contributed by atoms with Crippen LogP contribution in [0.25, 0.3) is 0 Å². The van der Waals surface area contributed by atoms with E-state index in [1.165, 1.54) is 31.2 Å². The molecule has 0 unspecified atom stereocenters. The standard InChI is InChI=1S/C14H21N3/c1-10-7-11(9-15-12-3-4-12)8-14(16-10)17(2)13-5-6-13/h7-8,12-13,15H,3-6,9H2,1-2H3. The molecule has 1 heterocycles. The zero-order valence-corrected chi connectivity index (χ0v) is 10.7. The van der Waals surface area contributed by atoms with Crippen LogP contribution in [0, 0.1) is 6.92 Å². The van der Waals surface area contributed by atoms with Gasteiger partial charge in [0.25, 0.3) is 0 Å². The smallest absolute Gasteiger partial charge is 0.129 e. The average Bonchev–Trinajstić information content (AvgIpc) is 3.17. The molecule has 0 radical (unpaired) electrons. The first-order valence-corrected chi connectivity index (χ1v) is 6.66. The Morgan fingerprint density at radius 3 is 2.71 bits per heavy atom. The molecule has 3 heteroatoms. The summed E-state index contributed by atoms with van der Waals surface area (Å²) >= 11 is 0. The van der Waals surface area contributed by atoms with Crippen LogP contribution in [-0.4, -0.2) is 24.1 Å². The van der Waals surface area contributed by atoms with Crippen molar-refractivity contribution >= 4 is 5.82 Å². The third-order valence-electron chi connectivity index (χ3n) is 3.63. The predicted octanol–water partition coefficient (Wildman–Crippen LogP) is 2.24. The van der Waals surface area contributed by atoms with Crippen molar-refractivity contribution < 1.29 is 0 Å². The molecule has 2 saturated carbocycles. The van der Waals surface area contributed by atoms with E-state index < -0.39 is 0 Å². The molecule has 0 aromatic carbocycles. The van der Waals surface area contributed by atoms with Gasteiger partial charge in [0.2, 0.25) is 0 Å². The van der Waals surface area contributed by atoms with Gasteiger partial charge in [0, 0.05) is 31.4 Å². The van der Waals surface area contributed by atoms with E-state index >= 15 is 0 Å². The number of nitrogens with one attached hydrogen (secondary N) is 1. The monoisotopic (exact) mass is 231 g/mol. The van der Waals surface area contributed by atoms with Crippen molar-refractivity contribution in [3.05, 3.63) is 23.4 Å². The summed E-state index contributed by atoms with van der Waals surface area (Å²) in [4.78, 5) is 6.96. The maximum atomic E-state index is 4.64. The second kappa shape index (κ2) is 4.30. The van der Waals surface area contributed by atoms with Gasteiger partial charge in [-0.3, -0.25) is 0 Å². The first-order valence-electron chi connectivity index (χ1n) is 6.66. The quantitative estimate of drug-likeness (QED) is 0.842. The minimum Gasteiger partial charge on any atom is -0.357 e. The Morgan fingerprint density at radius 2 is 2.06 bits per heavy atom. The summed E-state index contributed by atoms with van der Waals surface area (Å²) in [6.45, 7) is 3.07. The van der Waals surface area contributed by atoms with Crippen molar-refractivity contribution in [1.82, 2.24) is 10.3 Å². The van der Waals surface area contributed by atoms with Crippen LogP contribution in [0.4, 0.5) is 5.82 Å². The van der Waals surface area contributed by atoms with Gasteiger partial charge in [-0.05, 0) is 50.3 Å². The maximum Gasteiger partial charge on any atom is 0.129 e. The Hall–Kier alpha value is -1.09. The highest BCUT2D eigenvalue weighted by molar-refractivity contribution is 5.44. The van der Waals surface area contributed by atoms with Crippen molar-refractivity contribution in [2.24, 2.45) is 0 Å². The highest BCUT2D eigenvalue weighted by Gasteiger charge is 2.27. The molecular weight excluding hydrogens is 210 g/mol. The summed E-state index contributed by atoms with van der Waals surface area (Å²) in [6.07, 6.45) is 5.33. The molecule has 92 valence electrons. The lowest BCUT2D eigenvalue weighted by Gasteiger charge is -2.19. The van der Waals surface area contributed by atoms with Crippen LogP contribution in [0.3, 0.4) is 0 Å². The van der Waals surface area contributed by atoms with E-state index in [2.05, 4.69) is 41.3 Å². The molecule has 1 aromatic heterocycles. The summed E-state index contributed by atoms with van der Waals surface area (Å²) in [6, 6.07) is 5.93. The fourth-order valence-corrected chi connectivity index (χ4v) is 2.20. The fourth-order valence-electron chi connectivity index (χ4n) is 2.20. The molecule has 3 nitrogen and oxygen atoms in total. The largest absolute Gasteiger partial charge is 0.357 e. The van der Waals surface area contributed by atoms with Crippen molar-refractivity contribution in [2.75, 3.05) is 11.9 Å². The number of aryl methyl sites for hydroxylation is 1. The Kier molecular flexibility index (Phi) is 2.79. The van der Waals surface area contributed by atoms with E-state index in [0.29, 0.717) is 0 Å². The number of hydrogen-bond donors (Lipinski definition) is 1. The van der Waals surface area contributed by atoms with Gasteiger partial charge in [-0.1, -0.05) is 0 Å². The van der Waals surface area contributed by atoms with Crippen LogP contribution >= 0.6 is 0 Å². The summed E-state index contributed by atoms with van der Waals surface area (Å²) < 4.78 is 0. The molecule has 2 aliphatic rings. The van der Waals surface area contributed by atoms with E-state index in [1.54, 1.807) is 0 Å². The molecule has 1 aromatic rings. The highest BCUT2D eigenvalue weighted by Crippen LogP contribution is 2.29. The van der Waals surface area contributed by atoms with Gasteiger partial charge in [0.15, 0.2) is 0 Å². The molecule has 0 aliphatic heterocycles. The number of pyridine rings is 1. The van der Waals surface area contributed by atoms with E-state index in [-0.39, 0.29) is 0 Å². The van der Waals surface area contributed by atoms with E-state index in [0.717, 1.165) is 30.1 Å². The second-order valence-corrected chi connectivity index (χ2v) is 5.47. The summed E-state index contributed by atoms with van der Waals surface area (Å²) in [5.41, 5.74) is 2.49. The van der Waals surface area contributed by atoms with Gasteiger partial charge in [0.05, 0.1) is 0 Å². The number of hydrogen-bond acceptors (Lipinski definition) is 3. The topological polar surface area (TPSA) is 28.2 Å². The van der Waals surface area contributed by atoms with Gasteiger partial charge < -0.3 is 10.2 Å². The fraction of sp³-hybridized carbons (Fsp3) is 0.643. The molecule has 1 N–H and O–H groups in total. The van der Waals surface area contributed by atoms with Crippen LogP contribution in [0.1, 0.15) is 36.9 Å². The SMILES string of the molecule is Cc1cc(CNC2CC2)cc(N(C)C2CC2)n1. The third-order valence-corrected chi connectivity index (χ3v) is 3.63. The lowest BCUT2D eigenvalue weighted by molar-refractivity contribution is 0.686. The lowest BCUT2D eigenvalue weighted by Crippen LogP contribution is -2.22. The molecule has 0 amide bonds. The van der Waals surface area contributed by atoms with Crippen molar-refractivity contribution in [3.8, 4) is 0 Å². The van der Waals surface area contributed by atoms with Crippen LogP contribution < -0.4 is 10.2 Å². The minimum absolute atomic E-state index is 0.730. The molecule has 2 aliphatic carbocycles. The summed E-state index contributed by atoms with van der Waals surface area (Å²) in [5, 5.41) is 3.56. The van der Waals surface area contributed by atoms with E-state index in [9.17, 15) is 0 Å². The zero-order chi connectivity index (χ0) is 11.8. The summed E-state index contributed by atoms with van der Waals surface area (Å²) in [7, 11) is 2.16. The summed E-state index contributed by atoms with van der Waals surface area (Å²) in [5.74, 6) is 1.14. The maximum absolute atomic E-state index is 4.64. The van der Waals surface area contributed by atoms with Gasteiger partial charge in [-0.25, -0.2) is 4.98 Å². The van der Waals surface area contributed by atoms with Gasteiger partial charge in [0.1, 0.15) is 5.82 Å². The number of anilines is 1. The molecule has 0 spiro atoms. The second-order valence-electron chi connectivity index (χ2n) is 5.47. The Labute approximate surface area is 103 Å². The first kappa shape index (κ1) is 11.0. The lowest BCUT2D eigenvalue weighted by atomic mass is 10.2. The minimum atomic E-state index is 0.730. The van der Waals surface area contributed by atoms with Crippen LogP contribution in [0.15, 0.2) is 12.1 Å². The number of rotatable bonds is 5. The molecule has 2 fully saturated rings. The predicted molar refractivity (Wildman–Crippen MR) is 70.3 cm³/mol.